The topological polar surface area (TPSA) is 32.3 Å². The van der Waals surface area contributed by atoms with Gasteiger partial charge in [-0.15, -0.1) is 0 Å². The van der Waals surface area contributed by atoms with E-state index in [0.717, 1.165) is 27.4 Å². The third kappa shape index (κ3) is 2.96. The zero-order valence-corrected chi connectivity index (χ0v) is 11.3. The molecule has 0 atom stereocenters. The molecular weight excluding hydrogens is 246 g/mol. The van der Waals surface area contributed by atoms with Crippen molar-refractivity contribution in [3.63, 3.8) is 0 Å². The van der Waals surface area contributed by atoms with Crippen LogP contribution in [0.2, 0.25) is 5.02 Å². The van der Waals surface area contributed by atoms with Crippen LogP contribution in [0.25, 0.3) is 0 Å². The summed E-state index contributed by atoms with van der Waals surface area (Å²) < 4.78 is 0. The van der Waals surface area contributed by atoms with Gasteiger partial charge < -0.3 is 10.4 Å². The molecule has 0 heterocycles. The van der Waals surface area contributed by atoms with Crippen LogP contribution in [0.15, 0.2) is 36.4 Å². The minimum atomic E-state index is 0.307. The van der Waals surface area contributed by atoms with Crippen LogP contribution in [0.4, 0.5) is 5.69 Å². The predicted octanol–water partition coefficient (Wildman–Crippen LogP) is 4.27. The highest BCUT2D eigenvalue weighted by Gasteiger charge is 2.00. The molecule has 0 radical (unpaired) electrons. The predicted molar refractivity (Wildman–Crippen MR) is 76.4 cm³/mol. The highest BCUT2D eigenvalue weighted by molar-refractivity contribution is 6.31. The van der Waals surface area contributed by atoms with E-state index in [4.69, 9.17) is 11.6 Å². The van der Waals surface area contributed by atoms with Crippen LogP contribution < -0.4 is 5.32 Å². The fourth-order valence-corrected chi connectivity index (χ4v) is 1.87. The Bertz CT molecular complexity index is 515. The largest absolute Gasteiger partial charge is 0.508 e. The fourth-order valence-electron chi connectivity index (χ4n) is 1.67. The number of rotatable bonds is 3. The molecule has 0 bridgehead atoms. The van der Waals surface area contributed by atoms with Crippen LogP contribution in [0.3, 0.4) is 0 Å². The third-order valence-corrected chi connectivity index (χ3v) is 3.35. The van der Waals surface area contributed by atoms with E-state index in [-0.39, 0.29) is 0 Å². The molecule has 2 nitrogen and oxygen atoms in total. The number of phenolic OH excluding ortho intramolecular Hbond substituents is 1. The molecule has 2 rings (SSSR count). The maximum Gasteiger partial charge on any atom is 0.120 e. The molecule has 2 aromatic carbocycles. The SMILES string of the molecule is Cc1ccc(NCc2ccc(C)c(Cl)c2)cc1O. The van der Waals surface area contributed by atoms with Crippen LogP contribution in [0.1, 0.15) is 16.7 Å². The van der Waals surface area contributed by atoms with E-state index in [0.29, 0.717) is 12.3 Å². The quantitative estimate of drug-likeness (QED) is 0.865. The number of aryl methyl sites for hydroxylation is 2. The Labute approximate surface area is 112 Å². The molecule has 2 aromatic rings. The van der Waals surface area contributed by atoms with E-state index in [1.165, 1.54) is 0 Å². The number of halogens is 1. The van der Waals surface area contributed by atoms with Gasteiger partial charge in [-0.05, 0) is 42.7 Å². The first-order valence-corrected chi connectivity index (χ1v) is 6.22. The molecule has 3 heteroatoms. The van der Waals surface area contributed by atoms with E-state index < -0.39 is 0 Å². The lowest BCUT2D eigenvalue weighted by atomic mass is 10.1. The minimum Gasteiger partial charge on any atom is -0.508 e. The molecule has 0 fully saturated rings. The van der Waals surface area contributed by atoms with Crippen LogP contribution in [0.5, 0.6) is 5.75 Å². The first-order valence-electron chi connectivity index (χ1n) is 5.85. The average molecular weight is 262 g/mol. The molecule has 0 aliphatic rings. The number of nitrogens with one attached hydrogen (secondary N) is 1. The second-order valence-electron chi connectivity index (χ2n) is 4.44. The standard InChI is InChI=1S/C15H16ClNO/c1-10-3-5-12(7-14(10)16)9-17-13-6-4-11(2)15(18)8-13/h3-8,17-18H,9H2,1-2H3. The normalized spacial score (nSPS) is 10.4. The number of benzene rings is 2. The van der Waals surface area contributed by atoms with Gasteiger partial charge in [0.25, 0.3) is 0 Å². The van der Waals surface area contributed by atoms with Crippen molar-refractivity contribution in [2.24, 2.45) is 0 Å². The lowest BCUT2D eigenvalue weighted by Gasteiger charge is -2.09. The van der Waals surface area contributed by atoms with Gasteiger partial charge in [0.15, 0.2) is 0 Å². The monoisotopic (exact) mass is 261 g/mol. The van der Waals surface area contributed by atoms with E-state index in [2.05, 4.69) is 5.32 Å². The smallest absolute Gasteiger partial charge is 0.120 e. The molecule has 18 heavy (non-hydrogen) atoms. The Morgan fingerprint density at radius 3 is 2.44 bits per heavy atom. The molecular formula is C15H16ClNO. The van der Waals surface area contributed by atoms with Crippen LogP contribution in [0, 0.1) is 13.8 Å². The number of hydrogen-bond donors (Lipinski definition) is 2. The Balaban J connectivity index is 2.06. The summed E-state index contributed by atoms with van der Waals surface area (Å²) in [5.41, 5.74) is 3.97. The van der Waals surface area contributed by atoms with E-state index in [1.807, 2.05) is 44.2 Å². The maximum absolute atomic E-state index is 9.62. The Kier molecular flexibility index (Phi) is 3.78. The van der Waals surface area contributed by atoms with E-state index in [9.17, 15) is 5.11 Å². The second-order valence-corrected chi connectivity index (χ2v) is 4.85. The second kappa shape index (κ2) is 5.32. The fraction of sp³-hybridized carbons (Fsp3) is 0.200. The van der Waals surface area contributed by atoms with E-state index >= 15 is 0 Å². The van der Waals surface area contributed by atoms with Crippen molar-refractivity contribution in [1.29, 1.82) is 0 Å². The van der Waals surface area contributed by atoms with Crippen molar-refractivity contribution < 1.29 is 5.11 Å². The molecule has 0 aliphatic carbocycles. The average Bonchev–Trinajstić information content (AvgIpc) is 2.35. The van der Waals surface area contributed by atoms with Gasteiger partial charge in [0, 0.05) is 23.3 Å². The molecule has 0 spiro atoms. The van der Waals surface area contributed by atoms with Gasteiger partial charge in [-0.25, -0.2) is 0 Å². The Morgan fingerprint density at radius 1 is 1.06 bits per heavy atom. The van der Waals surface area contributed by atoms with Crippen LogP contribution in [-0.4, -0.2) is 5.11 Å². The molecule has 0 saturated heterocycles. The van der Waals surface area contributed by atoms with Crippen LogP contribution in [-0.2, 0) is 6.54 Å². The molecule has 0 aliphatic heterocycles. The zero-order valence-electron chi connectivity index (χ0n) is 10.5. The molecule has 94 valence electrons. The first-order chi connectivity index (χ1) is 8.56. The minimum absolute atomic E-state index is 0.307. The van der Waals surface area contributed by atoms with Crippen molar-refractivity contribution in [3.05, 3.63) is 58.1 Å². The van der Waals surface area contributed by atoms with Gasteiger partial charge in [0.1, 0.15) is 5.75 Å². The summed E-state index contributed by atoms with van der Waals surface area (Å²) in [4.78, 5) is 0. The lowest BCUT2D eigenvalue weighted by Crippen LogP contribution is -1.99. The summed E-state index contributed by atoms with van der Waals surface area (Å²) in [6.45, 7) is 4.54. The van der Waals surface area contributed by atoms with Gasteiger partial charge in [-0.3, -0.25) is 0 Å². The highest BCUT2D eigenvalue weighted by atomic mass is 35.5. The zero-order chi connectivity index (χ0) is 13.1. The summed E-state index contributed by atoms with van der Waals surface area (Å²) in [5, 5.41) is 13.7. The summed E-state index contributed by atoms with van der Waals surface area (Å²) in [7, 11) is 0. The Hall–Kier alpha value is -1.67. The van der Waals surface area contributed by atoms with Gasteiger partial charge >= 0.3 is 0 Å². The molecule has 0 saturated carbocycles. The van der Waals surface area contributed by atoms with Gasteiger partial charge in [-0.2, -0.15) is 0 Å². The van der Waals surface area contributed by atoms with Crippen molar-refractivity contribution >= 4 is 17.3 Å². The van der Waals surface area contributed by atoms with Gasteiger partial charge in [-0.1, -0.05) is 29.8 Å². The summed E-state index contributed by atoms with van der Waals surface area (Å²) >= 11 is 6.07. The van der Waals surface area contributed by atoms with Crippen molar-refractivity contribution in [2.45, 2.75) is 20.4 Å². The van der Waals surface area contributed by atoms with Crippen molar-refractivity contribution in [2.75, 3.05) is 5.32 Å². The van der Waals surface area contributed by atoms with Crippen LogP contribution >= 0.6 is 11.6 Å². The lowest BCUT2D eigenvalue weighted by molar-refractivity contribution is 0.471. The van der Waals surface area contributed by atoms with Gasteiger partial charge in [0.2, 0.25) is 0 Å². The molecule has 0 amide bonds. The van der Waals surface area contributed by atoms with E-state index in [1.54, 1.807) is 6.07 Å². The molecule has 0 unspecified atom stereocenters. The highest BCUT2D eigenvalue weighted by Crippen LogP contribution is 2.22. The number of aromatic hydroxyl groups is 1. The summed E-state index contributed by atoms with van der Waals surface area (Å²) in [6, 6.07) is 11.6. The maximum atomic E-state index is 9.62. The first kappa shape index (κ1) is 12.8. The third-order valence-electron chi connectivity index (χ3n) is 2.94. The number of phenols is 1. The van der Waals surface area contributed by atoms with Gasteiger partial charge in [0.05, 0.1) is 0 Å². The number of hydrogen-bond acceptors (Lipinski definition) is 2. The summed E-state index contributed by atoms with van der Waals surface area (Å²) in [6.07, 6.45) is 0. The van der Waals surface area contributed by atoms with Crippen molar-refractivity contribution in [1.82, 2.24) is 0 Å². The Morgan fingerprint density at radius 2 is 1.78 bits per heavy atom. The van der Waals surface area contributed by atoms with Crippen molar-refractivity contribution in [3.8, 4) is 5.75 Å². The molecule has 0 aromatic heterocycles. The summed E-state index contributed by atoms with van der Waals surface area (Å²) in [5.74, 6) is 0.307. The molecule has 2 N–H and O–H groups in total. The number of anilines is 1.